The van der Waals surface area contributed by atoms with Crippen molar-refractivity contribution in [2.24, 2.45) is 10.6 Å². The molecule has 1 aliphatic heterocycles. The third-order valence-corrected chi connectivity index (χ3v) is 5.76. The van der Waals surface area contributed by atoms with Crippen molar-refractivity contribution < 1.29 is 8.42 Å². The summed E-state index contributed by atoms with van der Waals surface area (Å²) >= 11 is 0. The molecule has 0 unspecified atom stereocenters. The number of nitrogens with zero attached hydrogens (tertiary/aromatic N) is 5. The largest absolute Gasteiger partial charge is 0.354 e. The monoisotopic (exact) mass is 352 g/mol. The molecular formula is C15H24N6O2S. The van der Waals surface area contributed by atoms with Gasteiger partial charge in [0.05, 0.1) is 0 Å². The molecular weight excluding hydrogens is 328 g/mol. The molecule has 9 heteroatoms. The first-order chi connectivity index (χ1) is 11.1. The molecule has 0 bridgehead atoms. The second kappa shape index (κ2) is 5.68. The summed E-state index contributed by atoms with van der Waals surface area (Å²) in [7, 11) is -2.10. The minimum absolute atomic E-state index is 0.0509. The molecule has 0 amide bonds. The Hall–Kier alpha value is -1.71. The van der Waals surface area contributed by atoms with E-state index in [0.717, 1.165) is 42.2 Å². The summed E-state index contributed by atoms with van der Waals surface area (Å²) in [6.45, 7) is 8.20. The number of hydrogen-bond acceptors (Lipinski definition) is 5. The highest BCUT2D eigenvalue weighted by Gasteiger charge is 2.40. The first-order valence-corrected chi connectivity index (χ1v) is 9.41. The Morgan fingerprint density at radius 1 is 1.38 bits per heavy atom. The molecule has 24 heavy (non-hydrogen) atoms. The van der Waals surface area contributed by atoms with Gasteiger partial charge < -0.3 is 4.90 Å². The molecule has 132 valence electrons. The second-order valence-electron chi connectivity index (χ2n) is 7.06. The van der Waals surface area contributed by atoms with Crippen LogP contribution in [0.1, 0.15) is 24.7 Å². The molecule has 3 rings (SSSR count). The van der Waals surface area contributed by atoms with E-state index >= 15 is 0 Å². The summed E-state index contributed by atoms with van der Waals surface area (Å²) in [4.78, 5) is 6.85. The van der Waals surface area contributed by atoms with Gasteiger partial charge in [-0.15, -0.1) is 0 Å². The van der Waals surface area contributed by atoms with Crippen LogP contribution in [0.2, 0.25) is 0 Å². The normalized spacial score (nSPS) is 17.5. The van der Waals surface area contributed by atoms with Gasteiger partial charge in [0.1, 0.15) is 11.3 Å². The van der Waals surface area contributed by atoms with Crippen molar-refractivity contribution in [3.8, 4) is 0 Å². The lowest BCUT2D eigenvalue weighted by atomic mass is 9.79. The smallest absolute Gasteiger partial charge is 0.276 e. The first-order valence-electron chi connectivity index (χ1n) is 7.91. The Labute approximate surface area is 142 Å². The van der Waals surface area contributed by atoms with Crippen LogP contribution in [0.5, 0.6) is 0 Å². The number of aryl methyl sites for hydroxylation is 2. The Kier molecular flexibility index (Phi) is 4.05. The number of aromatic nitrogens is 3. The van der Waals surface area contributed by atoms with Gasteiger partial charge in [-0.25, -0.2) is 14.6 Å². The van der Waals surface area contributed by atoms with E-state index in [1.807, 2.05) is 23.7 Å². The van der Waals surface area contributed by atoms with Gasteiger partial charge in [-0.3, -0.25) is 0 Å². The van der Waals surface area contributed by atoms with E-state index in [1.165, 1.54) is 11.4 Å². The molecule has 2 N–H and O–H groups in total. The number of rotatable bonds is 5. The highest BCUT2D eigenvalue weighted by Crippen LogP contribution is 2.38. The van der Waals surface area contributed by atoms with Crippen LogP contribution >= 0.6 is 0 Å². The van der Waals surface area contributed by atoms with Crippen molar-refractivity contribution in [3.63, 3.8) is 0 Å². The average Bonchev–Trinajstić information content (AvgIpc) is 2.81. The van der Waals surface area contributed by atoms with Gasteiger partial charge >= 0.3 is 0 Å². The summed E-state index contributed by atoms with van der Waals surface area (Å²) in [6.07, 6.45) is 2.71. The van der Waals surface area contributed by atoms with Crippen LogP contribution in [0.15, 0.2) is 12.3 Å². The van der Waals surface area contributed by atoms with Gasteiger partial charge in [0.25, 0.3) is 10.2 Å². The van der Waals surface area contributed by atoms with E-state index < -0.39 is 10.2 Å². The Bertz CT molecular complexity index is 869. The topological polar surface area (TPSA) is 96.8 Å². The van der Waals surface area contributed by atoms with Gasteiger partial charge in [-0.2, -0.15) is 17.8 Å². The minimum Gasteiger partial charge on any atom is -0.354 e. The fraction of sp³-hybridized carbons (Fsp3) is 0.600. The van der Waals surface area contributed by atoms with Crippen LogP contribution in [-0.2, 0) is 10.2 Å². The molecule has 8 nitrogen and oxygen atoms in total. The zero-order chi connectivity index (χ0) is 17.7. The highest BCUT2D eigenvalue weighted by atomic mass is 32.2. The Balaban J connectivity index is 1.73. The van der Waals surface area contributed by atoms with E-state index in [0.29, 0.717) is 6.54 Å². The quantitative estimate of drug-likeness (QED) is 0.854. The maximum absolute atomic E-state index is 11.3. The van der Waals surface area contributed by atoms with Crippen LogP contribution in [0.25, 0.3) is 5.52 Å². The van der Waals surface area contributed by atoms with Crippen molar-refractivity contribution in [2.75, 3.05) is 31.6 Å². The molecule has 3 heterocycles. The van der Waals surface area contributed by atoms with Crippen molar-refractivity contribution in [2.45, 2.75) is 27.2 Å². The van der Waals surface area contributed by atoms with Crippen LogP contribution in [0.3, 0.4) is 0 Å². The lowest BCUT2D eigenvalue weighted by Gasteiger charge is -2.49. The zero-order valence-corrected chi connectivity index (χ0v) is 15.3. The Morgan fingerprint density at radius 3 is 2.67 bits per heavy atom. The van der Waals surface area contributed by atoms with Crippen molar-refractivity contribution in [1.29, 1.82) is 0 Å². The van der Waals surface area contributed by atoms with E-state index in [4.69, 9.17) is 5.14 Å². The molecule has 1 saturated heterocycles. The van der Waals surface area contributed by atoms with Crippen LogP contribution in [0.4, 0.5) is 5.82 Å². The van der Waals surface area contributed by atoms with Gasteiger partial charge in [-0.05, 0) is 31.9 Å². The molecule has 2 aromatic heterocycles. The van der Waals surface area contributed by atoms with E-state index in [2.05, 4.69) is 28.8 Å². The summed E-state index contributed by atoms with van der Waals surface area (Å²) in [5.74, 6) is 1.68. The molecule has 0 aliphatic carbocycles. The van der Waals surface area contributed by atoms with Crippen LogP contribution in [-0.4, -0.2) is 54.0 Å². The summed E-state index contributed by atoms with van der Waals surface area (Å²) < 4.78 is 25.7. The summed E-state index contributed by atoms with van der Waals surface area (Å²) in [5, 5.41) is 9.55. The highest BCUT2D eigenvalue weighted by molar-refractivity contribution is 7.86. The van der Waals surface area contributed by atoms with Crippen LogP contribution in [0, 0.1) is 19.3 Å². The number of anilines is 1. The SMILES string of the molecule is Cc1nc(N2CC(C)(CCN(C)S(N)(=O)=O)C2)c2c(C)ccn2n1. The van der Waals surface area contributed by atoms with Gasteiger partial charge in [0.2, 0.25) is 0 Å². The predicted molar refractivity (Wildman–Crippen MR) is 93.1 cm³/mol. The molecule has 2 aromatic rings. The maximum atomic E-state index is 11.3. The first kappa shape index (κ1) is 17.1. The lowest BCUT2D eigenvalue weighted by Crippen LogP contribution is -2.56. The third kappa shape index (κ3) is 3.11. The molecule has 0 atom stereocenters. The van der Waals surface area contributed by atoms with E-state index in [1.54, 1.807) is 0 Å². The molecule has 0 aromatic carbocycles. The number of fused-ring (bicyclic) bond motifs is 1. The molecule has 1 aliphatic rings. The molecule has 0 radical (unpaired) electrons. The molecule has 0 saturated carbocycles. The fourth-order valence-corrected chi connectivity index (χ4v) is 3.57. The van der Waals surface area contributed by atoms with Crippen LogP contribution < -0.4 is 10.0 Å². The molecule has 1 fully saturated rings. The standard InChI is InChI=1S/C15H24N6O2S/c1-11-5-7-21-13(11)14(17-12(2)18-21)20-9-15(3,10-20)6-8-19(4)24(16,22)23/h5,7H,6,8-10H2,1-4H3,(H2,16,22,23). The third-order valence-electron chi connectivity index (χ3n) is 4.71. The van der Waals surface area contributed by atoms with Crippen molar-refractivity contribution in [3.05, 3.63) is 23.7 Å². The molecule has 0 spiro atoms. The summed E-state index contributed by atoms with van der Waals surface area (Å²) in [5.41, 5.74) is 2.23. The Morgan fingerprint density at radius 2 is 2.04 bits per heavy atom. The van der Waals surface area contributed by atoms with Crippen molar-refractivity contribution >= 4 is 21.5 Å². The minimum atomic E-state index is -3.61. The van der Waals surface area contributed by atoms with Gasteiger partial charge in [0.15, 0.2) is 5.82 Å². The summed E-state index contributed by atoms with van der Waals surface area (Å²) in [6, 6.07) is 2.03. The van der Waals surface area contributed by atoms with Gasteiger partial charge in [-0.1, -0.05) is 6.92 Å². The maximum Gasteiger partial charge on any atom is 0.276 e. The van der Waals surface area contributed by atoms with Crippen molar-refractivity contribution in [1.82, 2.24) is 18.9 Å². The number of nitrogens with two attached hydrogens (primary N) is 1. The van der Waals surface area contributed by atoms with Gasteiger partial charge in [0, 0.05) is 38.3 Å². The zero-order valence-electron chi connectivity index (χ0n) is 14.5. The van der Waals surface area contributed by atoms with E-state index in [-0.39, 0.29) is 5.41 Å². The van der Waals surface area contributed by atoms with E-state index in [9.17, 15) is 8.42 Å². The fourth-order valence-electron chi connectivity index (χ4n) is 3.22. The average molecular weight is 352 g/mol. The predicted octanol–water partition coefficient (Wildman–Crippen LogP) is 0.698. The second-order valence-corrected chi connectivity index (χ2v) is 8.71. The lowest BCUT2D eigenvalue weighted by molar-refractivity contribution is 0.208. The number of hydrogen-bond donors (Lipinski definition) is 1.